The summed E-state index contributed by atoms with van der Waals surface area (Å²) in [5.41, 5.74) is 4.19. The van der Waals surface area contributed by atoms with Gasteiger partial charge in [0.05, 0.1) is 11.8 Å². The Morgan fingerprint density at radius 2 is 1.77 bits per heavy atom. The van der Waals surface area contributed by atoms with E-state index in [4.69, 9.17) is 0 Å². The first kappa shape index (κ1) is 21.3. The summed E-state index contributed by atoms with van der Waals surface area (Å²) in [6, 6.07) is 6.69. The first-order valence-corrected chi connectivity index (χ1v) is 10.7. The molecule has 4 aliphatic rings. The third-order valence-corrected chi connectivity index (χ3v) is 7.04. The molecule has 1 saturated carbocycles. The number of nitrogens with zero attached hydrogens (tertiary/aromatic N) is 2. The second kappa shape index (κ2) is 8.69. The van der Waals surface area contributed by atoms with Gasteiger partial charge in [0.1, 0.15) is 0 Å². The van der Waals surface area contributed by atoms with Gasteiger partial charge in [-0.15, -0.1) is 24.0 Å². The molecule has 2 N–H and O–H groups in total. The minimum atomic E-state index is -0.116. The van der Waals surface area contributed by atoms with Crippen molar-refractivity contribution < 1.29 is 9.59 Å². The molecule has 1 saturated heterocycles. The highest BCUT2D eigenvalue weighted by atomic mass is 127. The number of benzene rings is 1. The highest BCUT2D eigenvalue weighted by Crippen LogP contribution is 2.52. The van der Waals surface area contributed by atoms with Crippen molar-refractivity contribution in [3.8, 4) is 0 Å². The first-order chi connectivity index (χ1) is 14.2. The Labute approximate surface area is 194 Å². The third-order valence-electron chi connectivity index (χ3n) is 7.04. The summed E-state index contributed by atoms with van der Waals surface area (Å²) in [4.78, 5) is 31.2. The van der Waals surface area contributed by atoms with Gasteiger partial charge in [0.2, 0.25) is 11.8 Å². The monoisotopic (exact) mass is 520 g/mol. The normalized spacial score (nSPS) is 28.6. The second-order valence-electron chi connectivity index (χ2n) is 8.64. The SMILES string of the molecule is CN=C(NCCN1C(=O)C2C3C=CC(C3)C2C1=O)NCc1ccc2c(c1)CCC2.I. The molecule has 1 aliphatic heterocycles. The van der Waals surface area contributed by atoms with E-state index in [0.717, 1.165) is 6.42 Å². The van der Waals surface area contributed by atoms with Gasteiger partial charge >= 0.3 is 0 Å². The number of amides is 2. The fourth-order valence-corrected chi connectivity index (χ4v) is 5.61. The topological polar surface area (TPSA) is 73.8 Å². The van der Waals surface area contributed by atoms with E-state index >= 15 is 0 Å². The molecule has 0 aromatic heterocycles. The van der Waals surface area contributed by atoms with Crippen LogP contribution in [0.1, 0.15) is 29.5 Å². The molecule has 4 unspecified atom stereocenters. The van der Waals surface area contributed by atoms with Gasteiger partial charge in [-0.2, -0.15) is 0 Å². The van der Waals surface area contributed by atoms with Crippen molar-refractivity contribution in [3.05, 3.63) is 47.0 Å². The van der Waals surface area contributed by atoms with Crippen LogP contribution in [0.5, 0.6) is 0 Å². The Morgan fingerprint density at radius 1 is 1.07 bits per heavy atom. The Morgan fingerprint density at radius 3 is 2.47 bits per heavy atom. The van der Waals surface area contributed by atoms with Crippen LogP contribution in [0.15, 0.2) is 35.3 Å². The number of imide groups is 1. The quantitative estimate of drug-likeness (QED) is 0.206. The number of carbonyl (C=O) groups excluding carboxylic acids is 2. The number of aryl methyl sites for hydroxylation is 2. The average molecular weight is 520 g/mol. The van der Waals surface area contributed by atoms with Crippen molar-refractivity contribution in [1.29, 1.82) is 0 Å². The predicted molar refractivity (Wildman–Crippen MR) is 127 cm³/mol. The Balaban J connectivity index is 0.00000218. The fourth-order valence-electron chi connectivity index (χ4n) is 5.61. The molecule has 30 heavy (non-hydrogen) atoms. The van der Waals surface area contributed by atoms with E-state index in [1.54, 1.807) is 7.05 Å². The van der Waals surface area contributed by atoms with Gasteiger partial charge in [0, 0.05) is 26.7 Å². The Hall–Kier alpha value is -1.90. The number of nitrogens with one attached hydrogen (secondary N) is 2. The van der Waals surface area contributed by atoms with Crippen LogP contribution in [0, 0.1) is 23.7 Å². The summed E-state index contributed by atoms with van der Waals surface area (Å²) >= 11 is 0. The average Bonchev–Trinajstić information content (AvgIpc) is 3.50. The molecule has 2 fully saturated rings. The van der Waals surface area contributed by atoms with E-state index in [2.05, 4.69) is 46.0 Å². The molecule has 2 bridgehead atoms. The zero-order chi connectivity index (χ0) is 20.0. The summed E-state index contributed by atoms with van der Waals surface area (Å²) in [7, 11) is 1.73. The molecular formula is C23H29IN4O2. The first-order valence-electron chi connectivity index (χ1n) is 10.7. The summed E-state index contributed by atoms with van der Waals surface area (Å²) in [6.45, 7) is 1.60. The van der Waals surface area contributed by atoms with Gasteiger partial charge < -0.3 is 10.6 Å². The number of likely N-dealkylation sites (tertiary alicyclic amines) is 1. The maximum Gasteiger partial charge on any atom is 0.233 e. The van der Waals surface area contributed by atoms with Gasteiger partial charge in [0.25, 0.3) is 0 Å². The maximum absolute atomic E-state index is 12.7. The van der Waals surface area contributed by atoms with Gasteiger partial charge in [-0.25, -0.2) is 0 Å². The highest BCUT2D eigenvalue weighted by Gasteiger charge is 2.58. The number of fused-ring (bicyclic) bond motifs is 6. The molecule has 0 radical (unpaired) electrons. The van der Waals surface area contributed by atoms with Crippen molar-refractivity contribution >= 4 is 41.8 Å². The van der Waals surface area contributed by atoms with Crippen LogP contribution in [-0.4, -0.2) is 42.8 Å². The van der Waals surface area contributed by atoms with Gasteiger partial charge in [-0.1, -0.05) is 30.4 Å². The zero-order valence-corrected chi connectivity index (χ0v) is 19.6. The van der Waals surface area contributed by atoms with Crippen LogP contribution in [-0.2, 0) is 29.0 Å². The molecule has 0 spiro atoms. The smallest absolute Gasteiger partial charge is 0.233 e. The molecule has 7 heteroatoms. The predicted octanol–water partition coefficient (Wildman–Crippen LogP) is 2.27. The van der Waals surface area contributed by atoms with Gasteiger partial charge in [-0.3, -0.25) is 19.5 Å². The maximum atomic E-state index is 12.7. The Bertz CT molecular complexity index is 882. The van der Waals surface area contributed by atoms with Crippen LogP contribution in [0.2, 0.25) is 0 Å². The number of guanidine groups is 1. The summed E-state index contributed by atoms with van der Waals surface area (Å²) < 4.78 is 0. The molecule has 160 valence electrons. The number of allylic oxidation sites excluding steroid dienone is 2. The molecule has 6 nitrogen and oxygen atoms in total. The number of hydrogen-bond donors (Lipinski definition) is 2. The minimum Gasteiger partial charge on any atom is -0.355 e. The van der Waals surface area contributed by atoms with Crippen molar-refractivity contribution in [1.82, 2.24) is 15.5 Å². The molecule has 4 atom stereocenters. The van der Waals surface area contributed by atoms with E-state index in [1.807, 2.05) is 0 Å². The minimum absolute atomic E-state index is 0. The van der Waals surface area contributed by atoms with Crippen molar-refractivity contribution in [3.63, 3.8) is 0 Å². The largest absolute Gasteiger partial charge is 0.355 e. The second-order valence-corrected chi connectivity index (χ2v) is 8.64. The van der Waals surface area contributed by atoms with Crippen molar-refractivity contribution in [2.45, 2.75) is 32.2 Å². The summed E-state index contributed by atoms with van der Waals surface area (Å²) in [5.74, 6) is 1.01. The number of halogens is 1. The van der Waals surface area contributed by atoms with E-state index < -0.39 is 0 Å². The van der Waals surface area contributed by atoms with Gasteiger partial charge in [0.15, 0.2) is 5.96 Å². The van der Waals surface area contributed by atoms with Crippen molar-refractivity contribution in [2.75, 3.05) is 20.1 Å². The number of hydrogen-bond acceptors (Lipinski definition) is 3. The van der Waals surface area contributed by atoms with E-state index in [1.165, 1.54) is 40.9 Å². The molecule has 1 aromatic rings. The number of carbonyl (C=O) groups is 2. The third kappa shape index (κ3) is 3.65. The molecule has 1 heterocycles. The van der Waals surface area contributed by atoms with Crippen LogP contribution >= 0.6 is 24.0 Å². The molecule has 5 rings (SSSR count). The molecule has 2 amide bonds. The zero-order valence-electron chi connectivity index (χ0n) is 17.3. The lowest BCUT2D eigenvalue weighted by Gasteiger charge is -2.18. The molecule has 1 aromatic carbocycles. The molecule has 3 aliphatic carbocycles. The van der Waals surface area contributed by atoms with Crippen LogP contribution in [0.4, 0.5) is 0 Å². The Kier molecular flexibility index (Phi) is 6.18. The van der Waals surface area contributed by atoms with Crippen LogP contribution in [0.3, 0.4) is 0 Å². The standard InChI is InChI=1S/C23H28N4O2.HI/c1-24-23(26-13-14-5-6-15-3-2-4-16(15)11-14)25-9-10-27-21(28)19-17-7-8-18(12-17)20(19)22(27)29;/h5-8,11,17-20H,2-4,9-10,12-13H2,1H3,(H2,24,25,26);1H. The van der Waals surface area contributed by atoms with E-state index in [-0.39, 0.29) is 59.5 Å². The highest BCUT2D eigenvalue weighted by molar-refractivity contribution is 14.0. The number of rotatable bonds is 5. The number of aliphatic imine (C=N–C) groups is 1. The van der Waals surface area contributed by atoms with Crippen molar-refractivity contribution in [2.24, 2.45) is 28.7 Å². The lowest BCUT2D eigenvalue weighted by molar-refractivity contribution is -0.140. The summed E-state index contributed by atoms with van der Waals surface area (Å²) in [5, 5.41) is 6.57. The van der Waals surface area contributed by atoms with E-state index in [9.17, 15) is 9.59 Å². The summed E-state index contributed by atoms with van der Waals surface area (Å²) in [6.07, 6.45) is 8.85. The lowest BCUT2D eigenvalue weighted by atomic mass is 9.85. The van der Waals surface area contributed by atoms with Crippen LogP contribution < -0.4 is 10.6 Å². The fraction of sp³-hybridized carbons (Fsp3) is 0.522. The van der Waals surface area contributed by atoms with Crippen LogP contribution in [0.25, 0.3) is 0 Å². The van der Waals surface area contributed by atoms with Gasteiger partial charge in [-0.05, 0) is 54.2 Å². The molecular weight excluding hydrogens is 491 g/mol. The van der Waals surface area contributed by atoms with E-state index in [0.29, 0.717) is 25.6 Å². The lowest BCUT2D eigenvalue weighted by Crippen LogP contribution is -2.43.